The molecule has 2 aromatic rings. The van der Waals surface area contributed by atoms with E-state index >= 15 is 0 Å². The summed E-state index contributed by atoms with van der Waals surface area (Å²) in [5.41, 5.74) is -0.0169. The Balaban J connectivity index is 2.43. The number of fused-ring (bicyclic) bond motifs is 1. The van der Waals surface area contributed by atoms with E-state index in [1.54, 1.807) is 23.1 Å². The average molecular weight is 268 g/mol. The number of thiophene rings is 1. The van der Waals surface area contributed by atoms with Gasteiger partial charge in [0.2, 0.25) is 0 Å². The first-order valence-corrected chi connectivity index (χ1v) is 7.53. The first-order chi connectivity index (χ1) is 8.13. The van der Waals surface area contributed by atoms with Crippen molar-refractivity contribution in [2.45, 2.75) is 44.0 Å². The molecule has 5 heteroatoms. The van der Waals surface area contributed by atoms with Crippen LogP contribution in [0.1, 0.15) is 32.1 Å². The van der Waals surface area contributed by atoms with Gasteiger partial charge in [0.1, 0.15) is 4.83 Å². The van der Waals surface area contributed by atoms with E-state index in [1.807, 2.05) is 6.07 Å². The number of rotatable bonds is 4. The summed E-state index contributed by atoms with van der Waals surface area (Å²) in [5.74, 6) is 0. The highest BCUT2D eigenvalue weighted by Gasteiger charge is 2.10. The fourth-order valence-corrected chi connectivity index (χ4v) is 3.33. The molecule has 0 aliphatic rings. The van der Waals surface area contributed by atoms with Gasteiger partial charge in [-0.25, -0.2) is 4.98 Å². The Bertz CT molecular complexity index is 573. The summed E-state index contributed by atoms with van der Waals surface area (Å²) in [5, 5.41) is 1.93. The van der Waals surface area contributed by atoms with Crippen molar-refractivity contribution in [3.63, 3.8) is 0 Å². The van der Waals surface area contributed by atoms with Crippen molar-refractivity contribution in [3.05, 3.63) is 21.3 Å². The molecule has 17 heavy (non-hydrogen) atoms. The number of aromatic amines is 1. The van der Waals surface area contributed by atoms with Crippen molar-refractivity contribution in [1.29, 1.82) is 0 Å². The van der Waals surface area contributed by atoms with Gasteiger partial charge in [-0.1, -0.05) is 32.5 Å². The maximum absolute atomic E-state index is 11.9. The molecular formula is C12H16N2OS2. The van der Waals surface area contributed by atoms with Crippen molar-refractivity contribution < 1.29 is 0 Å². The number of nitrogens with one attached hydrogen (secondary N) is 1. The summed E-state index contributed by atoms with van der Waals surface area (Å²) in [7, 11) is 0. The highest BCUT2D eigenvalue weighted by atomic mass is 32.2. The fraction of sp³-hybridized carbons (Fsp3) is 0.500. The van der Waals surface area contributed by atoms with Crippen LogP contribution in [-0.2, 0) is 6.42 Å². The van der Waals surface area contributed by atoms with Gasteiger partial charge in [0, 0.05) is 10.1 Å². The van der Waals surface area contributed by atoms with Crippen LogP contribution in [0.2, 0.25) is 0 Å². The van der Waals surface area contributed by atoms with E-state index in [0.717, 1.165) is 28.2 Å². The minimum Gasteiger partial charge on any atom is -0.301 e. The molecule has 0 radical (unpaired) electrons. The second-order valence-corrected chi connectivity index (χ2v) is 6.54. The standard InChI is InChI=1S/C12H16N2OS2/c1-4-7(3)16-12-13-10(15)9-6-8(5-2)17-11(9)14-12/h6-7H,4-5H2,1-3H3,(H,13,14,15). The quantitative estimate of drug-likeness (QED) is 0.682. The number of hydrogen-bond donors (Lipinski definition) is 1. The molecule has 2 heterocycles. The van der Waals surface area contributed by atoms with Crippen LogP contribution in [0, 0.1) is 0 Å². The normalized spacial score (nSPS) is 13.1. The van der Waals surface area contributed by atoms with Gasteiger partial charge in [0.25, 0.3) is 5.56 Å². The third kappa shape index (κ3) is 2.72. The minimum atomic E-state index is -0.0169. The number of nitrogens with zero attached hydrogens (tertiary/aromatic N) is 1. The van der Waals surface area contributed by atoms with Crippen LogP contribution >= 0.6 is 23.1 Å². The van der Waals surface area contributed by atoms with Gasteiger partial charge >= 0.3 is 0 Å². The average Bonchev–Trinajstić information content (AvgIpc) is 2.72. The van der Waals surface area contributed by atoms with E-state index in [4.69, 9.17) is 0 Å². The van der Waals surface area contributed by atoms with Gasteiger partial charge in [0.05, 0.1) is 5.39 Å². The molecule has 0 bridgehead atoms. The van der Waals surface area contributed by atoms with E-state index < -0.39 is 0 Å². The Morgan fingerprint density at radius 1 is 1.53 bits per heavy atom. The van der Waals surface area contributed by atoms with Crippen molar-refractivity contribution in [1.82, 2.24) is 9.97 Å². The van der Waals surface area contributed by atoms with Gasteiger partial charge in [0.15, 0.2) is 5.16 Å². The number of aromatic nitrogens is 2. The summed E-state index contributed by atoms with van der Waals surface area (Å²) in [6.07, 6.45) is 2.02. The lowest BCUT2D eigenvalue weighted by Crippen LogP contribution is -2.08. The summed E-state index contributed by atoms with van der Waals surface area (Å²) in [4.78, 5) is 21.3. The molecule has 0 aromatic carbocycles. The molecule has 0 fully saturated rings. The Morgan fingerprint density at radius 3 is 2.94 bits per heavy atom. The minimum absolute atomic E-state index is 0.0169. The molecule has 0 spiro atoms. The van der Waals surface area contributed by atoms with Gasteiger partial charge in [-0.2, -0.15) is 0 Å². The lowest BCUT2D eigenvalue weighted by molar-refractivity contribution is 0.887. The first kappa shape index (κ1) is 12.6. The summed E-state index contributed by atoms with van der Waals surface area (Å²) in [6, 6.07) is 1.95. The van der Waals surface area contributed by atoms with Crippen LogP contribution in [0.3, 0.4) is 0 Å². The smallest absolute Gasteiger partial charge is 0.260 e. The third-order valence-corrected chi connectivity index (χ3v) is 4.99. The fourth-order valence-electron chi connectivity index (χ4n) is 1.47. The molecule has 0 aliphatic heterocycles. The maximum Gasteiger partial charge on any atom is 0.260 e. The number of H-pyrrole nitrogens is 1. The molecule has 1 N–H and O–H groups in total. The maximum atomic E-state index is 11.9. The van der Waals surface area contributed by atoms with Crippen LogP contribution in [0.25, 0.3) is 10.2 Å². The zero-order chi connectivity index (χ0) is 12.4. The van der Waals surface area contributed by atoms with E-state index in [1.165, 1.54) is 4.88 Å². The van der Waals surface area contributed by atoms with Crippen LogP contribution in [0.4, 0.5) is 0 Å². The van der Waals surface area contributed by atoms with E-state index in [9.17, 15) is 4.79 Å². The van der Waals surface area contributed by atoms with Crippen molar-refractivity contribution in [3.8, 4) is 0 Å². The topological polar surface area (TPSA) is 45.8 Å². The SMILES string of the molecule is CCc1cc2c(=O)[nH]c(SC(C)CC)nc2s1. The van der Waals surface area contributed by atoms with Crippen LogP contribution in [0.5, 0.6) is 0 Å². The van der Waals surface area contributed by atoms with E-state index in [2.05, 4.69) is 30.7 Å². The molecule has 0 saturated carbocycles. The zero-order valence-corrected chi connectivity index (χ0v) is 11.9. The molecule has 1 atom stereocenters. The monoisotopic (exact) mass is 268 g/mol. The highest BCUT2D eigenvalue weighted by molar-refractivity contribution is 7.99. The Hall–Kier alpha value is -0.810. The lowest BCUT2D eigenvalue weighted by atomic mass is 10.3. The number of hydrogen-bond acceptors (Lipinski definition) is 4. The Kier molecular flexibility index (Phi) is 3.89. The molecule has 1 unspecified atom stereocenters. The molecule has 2 rings (SSSR count). The summed E-state index contributed by atoms with van der Waals surface area (Å²) in [6.45, 7) is 6.36. The van der Waals surface area contributed by atoms with E-state index in [0.29, 0.717) is 5.25 Å². The zero-order valence-electron chi connectivity index (χ0n) is 10.2. The van der Waals surface area contributed by atoms with Crippen molar-refractivity contribution in [2.24, 2.45) is 0 Å². The third-order valence-electron chi connectivity index (χ3n) is 2.67. The predicted octanol–water partition coefficient (Wildman–Crippen LogP) is 3.44. The molecule has 2 aromatic heterocycles. The van der Waals surface area contributed by atoms with Gasteiger partial charge in [-0.15, -0.1) is 11.3 Å². The molecule has 92 valence electrons. The first-order valence-electron chi connectivity index (χ1n) is 5.83. The molecule has 0 amide bonds. The molecular weight excluding hydrogens is 252 g/mol. The van der Waals surface area contributed by atoms with Crippen LogP contribution < -0.4 is 5.56 Å². The molecule has 0 aliphatic carbocycles. The van der Waals surface area contributed by atoms with Crippen LogP contribution in [0.15, 0.2) is 16.0 Å². The number of aryl methyl sites for hydroxylation is 1. The molecule has 3 nitrogen and oxygen atoms in total. The Labute approximate surface area is 109 Å². The van der Waals surface area contributed by atoms with Gasteiger partial charge in [-0.3, -0.25) is 4.79 Å². The van der Waals surface area contributed by atoms with Crippen molar-refractivity contribution in [2.75, 3.05) is 0 Å². The van der Waals surface area contributed by atoms with Gasteiger partial charge < -0.3 is 4.98 Å². The number of thioether (sulfide) groups is 1. The van der Waals surface area contributed by atoms with Crippen LogP contribution in [-0.4, -0.2) is 15.2 Å². The highest BCUT2D eigenvalue weighted by Crippen LogP contribution is 2.25. The summed E-state index contributed by atoms with van der Waals surface area (Å²) >= 11 is 3.25. The van der Waals surface area contributed by atoms with Crippen molar-refractivity contribution >= 4 is 33.3 Å². The van der Waals surface area contributed by atoms with Gasteiger partial charge in [-0.05, 0) is 18.9 Å². The second-order valence-electron chi connectivity index (χ2n) is 3.99. The summed E-state index contributed by atoms with van der Waals surface area (Å²) < 4.78 is 0. The molecule has 0 saturated heterocycles. The van der Waals surface area contributed by atoms with E-state index in [-0.39, 0.29) is 5.56 Å². The second kappa shape index (κ2) is 5.23. The largest absolute Gasteiger partial charge is 0.301 e. The lowest BCUT2D eigenvalue weighted by Gasteiger charge is -2.06. The predicted molar refractivity (Wildman–Crippen MR) is 75.2 cm³/mol. The Morgan fingerprint density at radius 2 is 2.29 bits per heavy atom.